The number of esters is 1. The zero-order valence-electron chi connectivity index (χ0n) is 12.9. The lowest BCUT2D eigenvalue weighted by Crippen LogP contribution is -2.39. The summed E-state index contributed by atoms with van der Waals surface area (Å²) in [5.41, 5.74) is 4.82. The van der Waals surface area contributed by atoms with Crippen LogP contribution in [0.4, 0.5) is 5.95 Å². The van der Waals surface area contributed by atoms with Gasteiger partial charge in [-0.3, -0.25) is 4.57 Å². The fraction of sp³-hybridized carbons (Fsp3) is 0.333. The molecule has 2 heterocycles. The van der Waals surface area contributed by atoms with Crippen LogP contribution in [-0.2, 0) is 9.47 Å². The summed E-state index contributed by atoms with van der Waals surface area (Å²) in [4.78, 5) is 31.2. The zero-order valence-corrected chi connectivity index (χ0v) is 12.9. The summed E-state index contributed by atoms with van der Waals surface area (Å²) in [6.45, 7) is -0.523. The van der Waals surface area contributed by atoms with E-state index in [9.17, 15) is 19.8 Å². The molecule has 0 bridgehead atoms. The monoisotopic (exact) mass is 348 g/mol. The van der Waals surface area contributed by atoms with E-state index in [1.165, 1.54) is 0 Å². The van der Waals surface area contributed by atoms with Gasteiger partial charge in [0.25, 0.3) is 0 Å². The third kappa shape index (κ3) is 3.36. The van der Waals surface area contributed by atoms with Crippen molar-refractivity contribution < 1.29 is 24.5 Å². The maximum absolute atomic E-state index is 12.2. The fourth-order valence-electron chi connectivity index (χ4n) is 2.54. The number of carbonyl (C=O) groups excluding carboxylic acids is 1. The van der Waals surface area contributed by atoms with Gasteiger partial charge in [0, 0.05) is 0 Å². The molecule has 10 heteroatoms. The van der Waals surface area contributed by atoms with Crippen molar-refractivity contribution in [2.45, 2.75) is 24.5 Å². The summed E-state index contributed by atoms with van der Waals surface area (Å²) in [5, 5.41) is 19.9. The van der Waals surface area contributed by atoms with Gasteiger partial charge in [-0.05, 0) is 12.1 Å². The standard InChI is InChI=1S/C15H16N4O6/c16-14-17-7-19(15(23)18-14)12-10(21)11(9(6-20)24-12)25-13(22)8-4-2-1-3-5-8/h1-5,7,9-12,20-21H,6H2,(H2,16,18,23)/t9-,10-,11-,12-/m1/s1. The second-order valence-electron chi connectivity index (χ2n) is 5.38. The first kappa shape index (κ1) is 17.0. The molecular weight excluding hydrogens is 332 g/mol. The average Bonchev–Trinajstić information content (AvgIpc) is 2.92. The minimum atomic E-state index is -1.41. The van der Waals surface area contributed by atoms with Crippen LogP contribution in [0.2, 0.25) is 0 Å². The van der Waals surface area contributed by atoms with Crippen molar-refractivity contribution in [2.75, 3.05) is 12.3 Å². The molecule has 2 aromatic rings. The summed E-state index contributed by atoms with van der Waals surface area (Å²) < 4.78 is 11.6. The second-order valence-corrected chi connectivity index (χ2v) is 5.38. The number of aliphatic hydroxyl groups is 2. The molecule has 0 radical (unpaired) electrons. The van der Waals surface area contributed by atoms with Crippen molar-refractivity contribution in [2.24, 2.45) is 0 Å². The van der Waals surface area contributed by atoms with Crippen molar-refractivity contribution in [3.05, 3.63) is 52.7 Å². The van der Waals surface area contributed by atoms with E-state index in [-0.39, 0.29) is 11.5 Å². The van der Waals surface area contributed by atoms with Crippen LogP contribution in [-0.4, -0.2) is 55.6 Å². The van der Waals surface area contributed by atoms with Crippen molar-refractivity contribution in [1.29, 1.82) is 0 Å². The summed E-state index contributed by atoms with van der Waals surface area (Å²) in [5.74, 6) is -0.909. The number of ether oxygens (including phenoxy) is 2. The van der Waals surface area contributed by atoms with Gasteiger partial charge in [-0.15, -0.1) is 0 Å². The van der Waals surface area contributed by atoms with Crippen LogP contribution >= 0.6 is 0 Å². The first-order chi connectivity index (χ1) is 12.0. The number of nitrogens with two attached hydrogens (primary N) is 1. The molecule has 0 aliphatic carbocycles. The van der Waals surface area contributed by atoms with E-state index in [1.54, 1.807) is 30.3 Å². The van der Waals surface area contributed by atoms with E-state index in [0.717, 1.165) is 10.9 Å². The molecule has 0 amide bonds. The van der Waals surface area contributed by atoms with Gasteiger partial charge in [0.05, 0.1) is 12.2 Å². The summed E-state index contributed by atoms with van der Waals surface area (Å²) >= 11 is 0. The number of nitrogen functional groups attached to an aromatic ring is 1. The summed E-state index contributed by atoms with van der Waals surface area (Å²) in [6.07, 6.45) is -3.76. The van der Waals surface area contributed by atoms with E-state index in [2.05, 4.69) is 9.97 Å². The Bertz CT molecular complexity index is 811. The Labute approximate surface area is 141 Å². The molecule has 4 N–H and O–H groups in total. The number of anilines is 1. The lowest BCUT2D eigenvalue weighted by atomic mass is 10.1. The van der Waals surface area contributed by atoms with E-state index >= 15 is 0 Å². The number of rotatable bonds is 4. The molecule has 4 atom stereocenters. The van der Waals surface area contributed by atoms with Gasteiger partial charge >= 0.3 is 11.7 Å². The SMILES string of the molecule is Nc1ncn([C@@H]2O[C@H](CO)[C@@H](OC(=O)c3ccccc3)[C@H]2O)c(=O)n1. The molecule has 1 aromatic heterocycles. The number of nitrogens with zero attached hydrogens (tertiary/aromatic N) is 3. The molecule has 132 valence electrons. The van der Waals surface area contributed by atoms with Crippen LogP contribution in [0, 0.1) is 0 Å². The van der Waals surface area contributed by atoms with Gasteiger partial charge in [0.15, 0.2) is 12.3 Å². The normalized spacial score (nSPS) is 25.7. The van der Waals surface area contributed by atoms with Gasteiger partial charge in [0.2, 0.25) is 5.95 Å². The average molecular weight is 348 g/mol. The van der Waals surface area contributed by atoms with Gasteiger partial charge < -0.3 is 25.4 Å². The first-order valence-electron chi connectivity index (χ1n) is 7.42. The molecule has 1 saturated heterocycles. The molecule has 10 nitrogen and oxygen atoms in total. The predicted octanol–water partition coefficient (Wildman–Crippen LogP) is -1.30. The highest BCUT2D eigenvalue weighted by molar-refractivity contribution is 5.89. The molecular formula is C15H16N4O6. The van der Waals surface area contributed by atoms with Gasteiger partial charge in [-0.1, -0.05) is 18.2 Å². The second kappa shape index (κ2) is 6.97. The van der Waals surface area contributed by atoms with Crippen LogP contribution in [0.25, 0.3) is 0 Å². The van der Waals surface area contributed by atoms with Crippen molar-refractivity contribution in [3.8, 4) is 0 Å². The van der Waals surface area contributed by atoms with Crippen molar-refractivity contribution in [3.63, 3.8) is 0 Å². The smallest absolute Gasteiger partial charge is 0.354 e. The number of hydrogen-bond donors (Lipinski definition) is 3. The number of aromatic nitrogens is 3. The van der Waals surface area contributed by atoms with Gasteiger partial charge in [-0.2, -0.15) is 4.98 Å². The Hall–Kier alpha value is -2.82. The molecule has 0 saturated carbocycles. The third-order valence-corrected chi connectivity index (χ3v) is 3.76. The highest BCUT2D eigenvalue weighted by atomic mass is 16.6. The largest absolute Gasteiger partial charge is 0.453 e. The van der Waals surface area contributed by atoms with E-state index in [0.29, 0.717) is 0 Å². The fourth-order valence-corrected chi connectivity index (χ4v) is 2.54. The quantitative estimate of drug-likeness (QED) is 0.573. The predicted molar refractivity (Wildman–Crippen MR) is 83.4 cm³/mol. The molecule has 0 unspecified atom stereocenters. The van der Waals surface area contributed by atoms with Crippen LogP contribution in [0.1, 0.15) is 16.6 Å². The Morgan fingerprint density at radius 2 is 2.08 bits per heavy atom. The van der Waals surface area contributed by atoms with Crippen LogP contribution in [0.15, 0.2) is 41.5 Å². The van der Waals surface area contributed by atoms with Crippen LogP contribution in [0.3, 0.4) is 0 Å². The van der Waals surface area contributed by atoms with Gasteiger partial charge in [-0.25, -0.2) is 14.6 Å². The lowest BCUT2D eigenvalue weighted by molar-refractivity contribution is -0.0567. The Morgan fingerprint density at radius 1 is 1.36 bits per heavy atom. The van der Waals surface area contributed by atoms with Crippen LogP contribution < -0.4 is 11.4 Å². The van der Waals surface area contributed by atoms with Crippen molar-refractivity contribution >= 4 is 11.9 Å². The third-order valence-electron chi connectivity index (χ3n) is 3.76. The zero-order chi connectivity index (χ0) is 18.0. The molecule has 25 heavy (non-hydrogen) atoms. The Morgan fingerprint density at radius 3 is 2.72 bits per heavy atom. The lowest BCUT2D eigenvalue weighted by Gasteiger charge is -2.19. The first-order valence-corrected chi connectivity index (χ1v) is 7.42. The molecule has 1 aromatic carbocycles. The topological polar surface area (TPSA) is 150 Å². The maximum atomic E-state index is 12.2. The molecule has 0 spiro atoms. The van der Waals surface area contributed by atoms with Crippen molar-refractivity contribution in [1.82, 2.24) is 14.5 Å². The van der Waals surface area contributed by atoms with E-state index in [1.807, 2.05) is 0 Å². The number of benzene rings is 1. The Kier molecular flexibility index (Phi) is 4.74. The molecule has 1 aliphatic heterocycles. The molecule has 1 aliphatic rings. The maximum Gasteiger partial charge on any atom is 0.354 e. The van der Waals surface area contributed by atoms with E-state index in [4.69, 9.17) is 15.2 Å². The Balaban J connectivity index is 1.82. The minimum Gasteiger partial charge on any atom is -0.453 e. The molecule has 3 rings (SSSR count). The number of carbonyl (C=O) groups is 1. The highest BCUT2D eigenvalue weighted by Crippen LogP contribution is 2.30. The molecule has 1 fully saturated rings. The highest BCUT2D eigenvalue weighted by Gasteiger charge is 2.47. The summed E-state index contributed by atoms with van der Waals surface area (Å²) in [6, 6.07) is 8.17. The van der Waals surface area contributed by atoms with Gasteiger partial charge in [0.1, 0.15) is 18.5 Å². The number of aliphatic hydroxyl groups excluding tert-OH is 2. The minimum absolute atomic E-state index is 0.223. The number of hydrogen-bond acceptors (Lipinski definition) is 9. The van der Waals surface area contributed by atoms with E-state index < -0.39 is 42.8 Å². The summed E-state index contributed by atoms with van der Waals surface area (Å²) in [7, 11) is 0. The van der Waals surface area contributed by atoms with Crippen LogP contribution in [0.5, 0.6) is 0 Å².